The molecule has 0 aromatic carbocycles. The van der Waals surface area contributed by atoms with Crippen LogP contribution in [-0.4, -0.2) is 22.9 Å². The molecule has 2 aliphatic rings. The van der Waals surface area contributed by atoms with Crippen LogP contribution in [0.5, 0.6) is 0 Å². The molecule has 2 heteroatoms. The molecule has 2 N–H and O–H groups in total. The third-order valence-electron chi connectivity index (χ3n) is 3.31. The molecule has 0 aliphatic heterocycles. The van der Waals surface area contributed by atoms with E-state index in [0.717, 1.165) is 12.8 Å². The van der Waals surface area contributed by atoms with E-state index in [4.69, 9.17) is 10.2 Å². The van der Waals surface area contributed by atoms with Crippen molar-refractivity contribution >= 4 is 0 Å². The second-order valence-electron chi connectivity index (χ2n) is 4.62. The summed E-state index contributed by atoms with van der Waals surface area (Å²) >= 11 is 0. The van der Waals surface area contributed by atoms with Crippen LogP contribution in [0.15, 0.2) is 0 Å². The van der Waals surface area contributed by atoms with Gasteiger partial charge in [0.1, 0.15) is 0 Å². The van der Waals surface area contributed by atoms with E-state index in [-0.39, 0.29) is 6.10 Å². The van der Waals surface area contributed by atoms with E-state index in [1.165, 1.54) is 44.9 Å². The first-order valence-electron chi connectivity index (χ1n) is 6.12. The third kappa shape index (κ3) is 4.97. The Hall–Kier alpha value is -0.0800. The first-order valence-corrected chi connectivity index (χ1v) is 6.12. The van der Waals surface area contributed by atoms with Crippen molar-refractivity contribution in [3.63, 3.8) is 0 Å². The second-order valence-corrected chi connectivity index (χ2v) is 4.62. The predicted molar refractivity (Wildman–Crippen MR) is 58.1 cm³/mol. The fourth-order valence-electron chi connectivity index (χ4n) is 2.27. The zero-order chi connectivity index (χ0) is 10.2. The van der Waals surface area contributed by atoms with Crippen LogP contribution in [0.4, 0.5) is 0 Å². The highest BCUT2D eigenvalue weighted by Crippen LogP contribution is 2.23. The molecule has 0 atom stereocenters. The lowest BCUT2D eigenvalue weighted by Gasteiger charge is -2.14. The van der Waals surface area contributed by atoms with Crippen molar-refractivity contribution in [1.82, 2.24) is 0 Å². The summed E-state index contributed by atoms with van der Waals surface area (Å²) in [4.78, 5) is 0. The van der Waals surface area contributed by atoms with E-state index in [0.29, 0.717) is 12.5 Å². The Morgan fingerprint density at radius 3 is 1.57 bits per heavy atom. The van der Waals surface area contributed by atoms with Gasteiger partial charge >= 0.3 is 0 Å². The average molecular weight is 200 g/mol. The van der Waals surface area contributed by atoms with Gasteiger partial charge in [0.05, 0.1) is 6.10 Å². The Morgan fingerprint density at radius 1 is 0.786 bits per heavy atom. The van der Waals surface area contributed by atoms with E-state index in [9.17, 15) is 0 Å². The molecule has 2 aliphatic carbocycles. The maximum Gasteiger partial charge on any atom is 0.0540 e. The van der Waals surface area contributed by atoms with E-state index < -0.39 is 0 Å². The molecule has 0 amide bonds. The molecular weight excluding hydrogens is 176 g/mol. The zero-order valence-electron chi connectivity index (χ0n) is 9.12. The van der Waals surface area contributed by atoms with Gasteiger partial charge in [-0.3, -0.25) is 0 Å². The van der Waals surface area contributed by atoms with Gasteiger partial charge in [-0.25, -0.2) is 0 Å². The minimum absolute atomic E-state index is 0.0359. The van der Waals surface area contributed by atoms with Gasteiger partial charge in [-0.1, -0.05) is 32.1 Å². The molecule has 2 nitrogen and oxygen atoms in total. The van der Waals surface area contributed by atoms with Gasteiger partial charge in [-0.2, -0.15) is 0 Å². The number of aliphatic hydroxyl groups excluding tert-OH is 2. The standard InChI is InChI=1S/2C6H12O/c7-5-6-3-1-2-4-6;7-6-4-2-1-3-5-6/h2*6-7H,1-5H2. The van der Waals surface area contributed by atoms with Crippen molar-refractivity contribution < 1.29 is 10.2 Å². The molecule has 0 heterocycles. The summed E-state index contributed by atoms with van der Waals surface area (Å²) in [6.07, 6.45) is 11.1. The predicted octanol–water partition coefficient (Wildman–Crippen LogP) is 2.48. The van der Waals surface area contributed by atoms with Crippen molar-refractivity contribution in [2.75, 3.05) is 6.61 Å². The van der Waals surface area contributed by atoms with E-state index in [1.54, 1.807) is 0 Å². The molecule has 2 fully saturated rings. The molecule has 0 bridgehead atoms. The van der Waals surface area contributed by atoms with E-state index in [1.807, 2.05) is 0 Å². The summed E-state index contributed by atoms with van der Waals surface area (Å²) in [5.74, 6) is 0.653. The molecule has 2 rings (SSSR count). The molecule has 0 unspecified atom stereocenters. The smallest absolute Gasteiger partial charge is 0.0540 e. The van der Waals surface area contributed by atoms with Crippen molar-refractivity contribution in [2.45, 2.75) is 63.9 Å². The quantitative estimate of drug-likeness (QED) is 0.682. The van der Waals surface area contributed by atoms with Gasteiger partial charge in [0.25, 0.3) is 0 Å². The van der Waals surface area contributed by atoms with Gasteiger partial charge in [-0.15, -0.1) is 0 Å². The van der Waals surface area contributed by atoms with Crippen LogP contribution in [0.2, 0.25) is 0 Å². The lowest BCUT2D eigenvalue weighted by atomic mass is 9.98. The van der Waals surface area contributed by atoms with Crippen molar-refractivity contribution in [3.05, 3.63) is 0 Å². The minimum Gasteiger partial charge on any atom is -0.396 e. The third-order valence-corrected chi connectivity index (χ3v) is 3.31. The molecule has 0 spiro atoms. The van der Waals surface area contributed by atoms with Crippen LogP contribution in [0.3, 0.4) is 0 Å². The molecule has 0 saturated heterocycles. The van der Waals surface area contributed by atoms with Gasteiger partial charge < -0.3 is 10.2 Å². The molecule has 14 heavy (non-hydrogen) atoms. The summed E-state index contributed by atoms with van der Waals surface area (Å²) in [6, 6.07) is 0. The van der Waals surface area contributed by atoms with Gasteiger partial charge in [0.2, 0.25) is 0 Å². The van der Waals surface area contributed by atoms with Crippen LogP contribution in [-0.2, 0) is 0 Å². The van der Waals surface area contributed by atoms with Gasteiger partial charge in [-0.05, 0) is 31.6 Å². The first kappa shape index (κ1) is 12.0. The first-order chi connectivity index (χ1) is 6.83. The number of hydrogen-bond donors (Lipinski definition) is 2. The van der Waals surface area contributed by atoms with Crippen LogP contribution in [0.1, 0.15) is 57.8 Å². The van der Waals surface area contributed by atoms with E-state index in [2.05, 4.69) is 0 Å². The maximum atomic E-state index is 8.91. The maximum absolute atomic E-state index is 8.91. The molecule has 0 aromatic rings. The van der Waals surface area contributed by atoms with Crippen LogP contribution in [0.25, 0.3) is 0 Å². The Labute approximate surface area is 87.3 Å². The fraction of sp³-hybridized carbons (Fsp3) is 1.00. The average Bonchev–Trinajstić information content (AvgIpc) is 2.72. The van der Waals surface area contributed by atoms with Crippen molar-refractivity contribution in [2.24, 2.45) is 5.92 Å². The highest BCUT2D eigenvalue weighted by molar-refractivity contribution is 4.64. The zero-order valence-corrected chi connectivity index (χ0v) is 9.12. The Kier molecular flexibility index (Phi) is 6.20. The fourth-order valence-corrected chi connectivity index (χ4v) is 2.27. The summed E-state index contributed by atoms with van der Waals surface area (Å²) < 4.78 is 0. The van der Waals surface area contributed by atoms with Crippen molar-refractivity contribution in [3.8, 4) is 0 Å². The topological polar surface area (TPSA) is 40.5 Å². The van der Waals surface area contributed by atoms with Gasteiger partial charge in [0.15, 0.2) is 0 Å². The lowest BCUT2D eigenvalue weighted by Crippen LogP contribution is -2.09. The van der Waals surface area contributed by atoms with Crippen LogP contribution >= 0.6 is 0 Å². The summed E-state index contributed by atoms with van der Waals surface area (Å²) in [7, 11) is 0. The van der Waals surface area contributed by atoms with Gasteiger partial charge in [0, 0.05) is 6.61 Å². The van der Waals surface area contributed by atoms with Crippen LogP contribution < -0.4 is 0 Å². The summed E-state index contributed by atoms with van der Waals surface area (Å²) in [5, 5.41) is 17.5. The normalized spacial score (nSPS) is 24.4. The molecular formula is C12H24O2. The highest BCUT2D eigenvalue weighted by Gasteiger charge is 2.12. The number of rotatable bonds is 1. The Bertz CT molecular complexity index is 124. The van der Waals surface area contributed by atoms with Crippen LogP contribution in [0, 0.1) is 5.92 Å². The Balaban J connectivity index is 0.000000140. The Morgan fingerprint density at radius 2 is 1.29 bits per heavy atom. The number of hydrogen-bond acceptors (Lipinski definition) is 2. The summed E-state index contributed by atoms with van der Waals surface area (Å²) in [6.45, 7) is 0.417. The SMILES string of the molecule is OC1CCCCC1.OCC1CCCC1. The minimum atomic E-state index is 0.0359. The lowest BCUT2D eigenvalue weighted by molar-refractivity contribution is 0.130. The molecule has 84 valence electrons. The van der Waals surface area contributed by atoms with E-state index >= 15 is 0 Å². The second kappa shape index (κ2) is 7.24. The molecule has 0 aromatic heterocycles. The number of aliphatic hydroxyl groups is 2. The summed E-state index contributed by atoms with van der Waals surface area (Å²) in [5.41, 5.74) is 0. The van der Waals surface area contributed by atoms with Crippen molar-refractivity contribution in [1.29, 1.82) is 0 Å². The monoisotopic (exact) mass is 200 g/mol. The highest BCUT2D eigenvalue weighted by atomic mass is 16.3. The molecule has 0 radical (unpaired) electrons. The largest absolute Gasteiger partial charge is 0.396 e. The molecule has 2 saturated carbocycles.